The van der Waals surface area contributed by atoms with Crippen molar-refractivity contribution in [2.45, 2.75) is 24.3 Å². The van der Waals surface area contributed by atoms with Crippen LogP contribution in [0.1, 0.15) is 16.7 Å². The van der Waals surface area contributed by atoms with Crippen LogP contribution in [-0.2, 0) is 29.4 Å². The average Bonchev–Trinajstić information content (AvgIpc) is 2.84. The molecule has 0 bridgehead atoms. The van der Waals surface area contributed by atoms with E-state index in [4.69, 9.17) is 4.74 Å². The Hall–Kier alpha value is -3.36. The molecule has 0 spiro atoms. The summed E-state index contributed by atoms with van der Waals surface area (Å²) in [6.45, 7) is 1.20. The van der Waals surface area contributed by atoms with Crippen LogP contribution in [0.3, 0.4) is 0 Å². The Bertz CT molecular complexity index is 1210. The first kappa shape index (κ1) is 22.8. The SMILES string of the molecule is COc1ccc(CCNC(=O)Nc2ccc3c(c2)CN(S(=O)(=O)c2ccccc2)CC3)cc1. The lowest BCUT2D eigenvalue weighted by Gasteiger charge is -2.28. The van der Waals surface area contributed by atoms with Gasteiger partial charge in [0, 0.05) is 25.3 Å². The first-order chi connectivity index (χ1) is 16.0. The van der Waals surface area contributed by atoms with Gasteiger partial charge in [-0.15, -0.1) is 0 Å². The molecule has 7 nitrogen and oxygen atoms in total. The van der Waals surface area contributed by atoms with Crippen molar-refractivity contribution < 1.29 is 17.9 Å². The molecule has 0 unspecified atom stereocenters. The molecule has 0 atom stereocenters. The highest BCUT2D eigenvalue weighted by Crippen LogP contribution is 2.27. The van der Waals surface area contributed by atoms with E-state index in [1.54, 1.807) is 37.4 Å². The summed E-state index contributed by atoms with van der Waals surface area (Å²) < 4.78 is 32.6. The Labute approximate surface area is 194 Å². The maximum atomic E-state index is 13.0. The van der Waals surface area contributed by atoms with E-state index < -0.39 is 10.0 Å². The first-order valence-corrected chi connectivity index (χ1v) is 12.2. The molecular weight excluding hydrogens is 438 g/mol. The van der Waals surface area contributed by atoms with Crippen LogP contribution in [0, 0.1) is 0 Å². The average molecular weight is 466 g/mol. The standard InChI is InChI=1S/C25H27N3O4S/c1-32-23-11-7-19(8-12-23)13-15-26-25(29)27-22-10-9-20-14-16-28(18-21(20)17-22)33(30,31)24-5-3-2-4-6-24/h2-12,17H,13-16,18H2,1H3,(H2,26,27,29). The molecule has 1 aliphatic rings. The molecule has 0 aliphatic carbocycles. The van der Waals surface area contributed by atoms with Gasteiger partial charge < -0.3 is 15.4 Å². The predicted molar refractivity (Wildman–Crippen MR) is 128 cm³/mol. The molecule has 8 heteroatoms. The fraction of sp³-hybridized carbons (Fsp3) is 0.240. The van der Waals surface area contributed by atoms with Crippen LogP contribution in [0.25, 0.3) is 0 Å². The van der Waals surface area contributed by atoms with Crippen LogP contribution in [-0.4, -0.2) is 39.0 Å². The minimum atomic E-state index is -3.56. The van der Waals surface area contributed by atoms with Gasteiger partial charge in [-0.25, -0.2) is 13.2 Å². The lowest BCUT2D eigenvalue weighted by molar-refractivity contribution is 0.252. The molecule has 172 valence electrons. The molecule has 1 heterocycles. The Kier molecular flexibility index (Phi) is 6.96. The second kappa shape index (κ2) is 10.1. The minimum absolute atomic E-state index is 0.279. The zero-order valence-electron chi connectivity index (χ0n) is 18.5. The van der Waals surface area contributed by atoms with Gasteiger partial charge in [0.15, 0.2) is 0 Å². The van der Waals surface area contributed by atoms with Gasteiger partial charge in [0.2, 0.25) is 10.0 Å². The topological polar surface area (TPSA) is 87.7 Å². The van der Waals surface area contributed by atoms with Crippen molar-refractivity contribution >= 4 is 21.7 Å². The number of benzene rings is 3. The highest BCUT2D eigenvalue weighted by atomic mass is 32.2. The number of carbonyl (C=O) groups excluding carboxylic acids is 1. The zero-order chi connectivity index (χ0) is 23.3. The van der Waals surface area contributed by atoms with Crippen LogP contribution >= 0.6 is 0 Å². The van der Waals surface area contributed by atoms with Crippen molar-refractivity contribution in [2.24, 2.45) is 0 Å². The van der Waals surface area contributed by atoms with E-state index in [0.717, 1.165) is 22.4 Å². The van der Waals surface area contributed by atoms with Gasteiger partial charge in [-0.2, -0.15) is 4.31 Å². The van der Waals surface area contributed by atoms with Crippen molar-refractivity contribution in [3.63, 3.8) is 0 Å². The van der Waals surface area contributed by atoms with E-state index in [2.05, 4.69) is 10.6 Å². The van der Waals surface area contributed by atoms with Crippen molar-refractivity contribution in [2.75, 3.05) is 25.5 Å². The molecule has 1 aliphatic heterocycles. The summed E-state index contributed by atoms with van der Waals surface area (Å²) in [7, 11) is -1.93. The van der Waals surface area contributed by atoms with E-state index in [-0.39, 0.29) is 12.6 Å². The number of anilines is 1. The third-order valence-corrected chi connectivity index (χ3v) is 7.54. The fourth-order valence-electron chi connectivity index (χ4n) is 3.84. The summed E-state index contributed by atoms with van der Waals surface area (Å²) in [6, 6.07) is 21.5. The smallest absolute Gasteiger partial charge is 0.319 e. The predicted octanol–water partition coefficient (Wildman–Crippen LogP) is 3.81. The molecule has 0 saturated heterocycles. The number of rotatable bonds is 7. The number of amides is 2. The van der Waals surface area contributed by atoms with Crippen LogP contribution in [0.15, 0.2) is 77.7 Å². The molecule has 0 fully saturated rings. The number of fused-ring (bicyclic) bond motifs is 1. The molecule has 0 saturated carbocycles. The largest absolute Gasteiger partial charge is 0.497 e. The monoisotopic (exact) mass is 465 g/mol. The summed E-state index contributed by atoms with van der Waals surface area (Å²) in [6.07, 6.45) is 1.34. The molecule has 3 aromatic rings. The number of urea groups is 1. The second-order valence-electron chi connectivity index (χ2n) is 7.86. The molecule has 0 aromatic heterocycles. The Balaban J connectivity index is 1.35. The van der Waals surface area contributed by atoms with E-state index in [0.29, 0.717) is 36.5 Å². The Morgan fingerprint density at radius 2 is 1.76 bits per heavy atom. The number of hydrogen-bond donors (Lipinski definition) is 2. The summed E-state index contributed by atoms with van der Waals surface area (Å²) >= 11 is 0. The minimum Gasteiger partial charge on any atom is -0.497 e. The van der Waals surface area contributed by atoms with Crippen molar-refractivity contribution in [1.29, 1.82) is 0 Å². The van der Waals surface area contributed by atoms with Crippen LogP contribution in [0.4, 0.5) is 10.5 Å². The molecule has 2 amide bonds. The number of methoxy groups -OCH3 is 1. The highest BCUT2D eigenvalue weighted by molar-refractivity contribution is 7.89. The third-order valence-electron chi connectivity index (χ3n) is 5.68. The normalized spacial score (nSPS) is 13.7. The van der Waals surface area contributed by atoms with Crippen molar-refractivity contribution in [3.05, 3.63) is 89.5 Å². The van der Waals surface area contributed by atoms with Gasteiger partial charge in [-0.1, -0.05) is 36.4 Å². The zero-order valence-corrected chi connectivity index (χ0v) is 19.3. The summed E-state index contributed by atoms with van der Waals surface area (Å²) in [4.78, 5) is 12.6. The maximum absolute atomic E-state index is 13.0. The van der Waals surface area contributed by atoms with E-state index >= 15 is 0 Å². The van der Waals surface area contributed by atoms with Gasteiger partial charge in [-0.3, -0.25) is 0 Å². The van der Waals surface area contributed by atoms with E-state index in [1.807, 2.05) is 42.5 Å². The molecule has 0 radical (unpaired) electrons. The highest BCUT2D eigenvalue weighted by Gasteiger charge is 2.28. The van der Waals surface area contributed by atoms with Crippen molar-refractivity contribution in [3.8, 4) is 5.75 Å². The van der Waals surface area contributed by atoms with Gasteiger partial charge in [0.25, 0.3) is 0 Å². The lowest BCUT2D eigenvalue weighted by Crippen LogP contribution is -2.36. The quantitative estimate of drug-likeness (QED) is 0.556. The molecule has 33 heavy (non-hydrogen) atoms. The van der Waals surface area contributed by atoms with E-state index in [9.17, 15) is 13.2 Å². The Morgan fingerprint density at radius 1 is 1.00 bits per heavy atom. The number of ether oxygens (including phenoxy) is 1. The fourth-order valence-corrected chi connectivity index (χ4v) is 5.28. The van der Waals surface area contributed by atoms with E-state index in [1.165, 1.54) is 4.31 Å². The van der Waals surface area contributed by atoms with Crippen molar-refractivity contribution in [1.82, 2.24) is 9.62 Å². The van der Waals surface area contributed by atoms with Gasteiger partial charge in [0.05, 0.1) is 12.0 Å². The second-order valence-corrected chi connectivity index (χ2v) is 9.80. The van der Waals surface area contributed by atoms with Crippen LogP contribution in [0.5, 0.6) is 5.75 Å². The number of nitrogens with one attached hydrogen (secondary N) is 2. The number of sulfonamides is 1. The van der Waals surface area contributed by atoms with Crippen LogP contribution in [0.2, 0.25) is 0 Å². The molecule has 2 N–H and O–H groups in total. The molecule has 3 aromatic carbocycles. The van der Waals surface area contributed by atoms with Gasteiger partial charge >= 0.3 is 6.03 Å². The number of hydrogen-bond acceptors (Lipinski definition) is 4. The molecule has 4 rings (SSSR count). The van der Waals surface area contributed by atoms with Crippen LogP contribution < -0.4 is 15.4 Å². The lowest BCUT2D eigenvalue weighted by atomic mass is 10.0. The third kappa shape index (κ3) is 5.53. The number of carbonyl (C=O) groups is 1. The molecular formula is C25H27N3O4S. The summed E-state index contributed by atoms with van der Waals surface area (Å²) in [5.41, 5.74) is 3.73. The Morgan fingerprint density at radius 3 is 2.48 bits per heavy atom. The first-order valence-electron chi connectivity index (χ1n) is 10.8. The maximum Gasteiger partial charge on any atom is 0.319 e. The van der Waals surface area contributed by atoms with Gasteiger partial charge in [0.1, 0.15) is 5.75 Å². The summed E-state index contributed by atoms with van der Waals surface area (Å²) in [5.74, 6) is 0.798. The number of nitrogens with zero attached hydrogens (tertiary/aromatic N) is 1. The summed E-state index contributed by atoms with van der Waals surface area (Å²) in [5, 5.41) is 5.70. The van der Waals surface area contributed by atoms with Gasteiger partial charge in [-0.05, 0) is 65.9 Å².